The Morgan fingerprint density at radius 2 is 0.659 bits per heavy atom. The minimum atomic E-state index is 1.22. The van der Waals surface area contributed by atoms with Crippen LogP contribution in [0.25, 0.3) is 88.3 Å². The second-order valence-corrected chi connectivity index (χ2v) is 11.6. The number of hydrogen-bond acceptors (Lipinski definition) is 0. The van der Waals surface area contributed by atoms with Gasteiger partial charge in [-0.25, -0.2) is 0 Å². The molecule has 0 radical (unpaired) electrons. The summed E-state index contributed by atoms with van der Waals surface area (Å²) in [6, 6.07) is 62.1. The summed E-state index contributed by atoms with van der Waals surface area (Å²) < 4.78 is 0. The van der Waals surface area contributed by atoms with Crippen molar-refractivity contribution in [2.45, 2.75) is 0 Å². The summed E-state index contributed by atoms with van der Waals surface area (Å²) in [5, 5.41) is 5.22. The van der Waals surface area contributed by atoms with Crippen molar-refractivity contribution in [1.29, 1.82) is 0 Å². The van der Waals surface area contributed by atoms with Gasteiger partial charge in [-0.2, -0.15) is 0 Å². The Morgan fingerprint density at radius 3 is 1.36 bits per heavy atom. The lowest BCUT2D eigenvalue weighted by Crippen LogP contribution is -1.90. The quantitative estimate of drug-likeness (QED) is 0.202. The second-order valence-electron chi connectivity index (χ2n) is 11.6. The Labute approximate surface area is 257 Å². The lowest BCUT2D eigenvalue weighted by Gasteiger charge is -2.17. The molecule has 0 atom stereocenters. The van der Waals surface area contributed by atoms with Crippen LogP contribution in [0.3, 0.4) is 0 Å². The van der Waals surface area contributed by atoms with Crippen LogP contribution in [0.1, 0.15) is 0 Å². The summed E-state index contributed by atoms with van der Waals surface area (Å²) in [6.07, 6.45) is 0. The predicted molar refractivity (Wildman–Crippen MR) is 188 cm³/mol. The molecule has 0 N–H and O–H groups in total. The number of benzene rings is 8. The lowest BCUT2D eigenvalue weighted by atomic mass is 9.87. The number of hydrogen-bond donors (Lipinski definition) is 0. The third-order valence-electron chi connectivity index (χ3n) is 9.26. The molecular formula is C44H28. The zero-order valence-corrected chi connectivity index (χ0v) is 24.2. The van der Waals surface area contributed by atoms with E-state index in [1.54, 1.807) is 0 Å². The van der Waals surface area contributed by atoms with Crippen LogP contribution >= 0.6 is 0 Å². The Bertz CT molecular complexity index is 2330. The van der Waals surface area contributed by atoms with Gasteiger partial charge in [-0.1, -0.05) is 164 Å². The van der Waals surface area contributed by atoms with Gasteiger partial charge in [0, 0.05) is 0 Å². The molecule has 8 aromatic carbocycles. The normalized spacial score (nSPS) is 11.6. The van der Waals surface area contributed by atoms with Crippen LogP contribution in [0, 0.1) is 0 Å². The third-order valence-corrected chi connectivity index (χ3v) is 9.26. The van der Waals surface area contributed by atoms with Gasteiger partial charge in [0.1, 0.15) is 0 Å². The first-order valence-corrected chi connectivity index (χ1v) is 15.3. The smallest absolute Gasteiger partial charge is 0.00201 e. The fourth-order valence-electron chi connectivity index (χ4n) is 7.27. The van der Waals surface area contributed by atoms with Crippen molar-refractivity contribution in [2.24, 2.45) is 0 Å². The van der Waals surface area contributed by atoms with Gasteiger partial charge in [0.25, 0.3) is 0 Å². The van der Waals surface area contributed by atoms with E-state index >= 15 is 0 Å². The molecule has 0 aromatic heterocycles. The molecule has 0 spiro atoms. The highest BCUT2D eigenvalue weighted by molar-refractivity contribution is 6.20. The van der Waals surface area contributed by atoms with Crippen molar-refractivity contribution in [3.8, 4) is 66.8 Å². The van der Waals surface area contributed by atoms with Crippen molar-refractivity contribution < 1.29 is 0 Å². The number of rotatable bonds is 4. The Hall–Kier alpha value is -5.72. The van der Waals surface area contributed by atoms with Gasteiger partial charge in [-0.15, -0.1) is 0 Å². The van der Waals surface area contributed by atoms with Crippen LogP contribution in [0.5, 0.6) is 0 Å². The second kappa shape index (κ2) is 9.93. The molecule has 0 saturated heterocycles. The van der Waals surface area contributed by atoms with E-state index < -0.39 is 0 Å². The molecule has 1 aliphatic rings. The minimum absolute atomic E-state index is 1.22. The van der Waals surface area contributed by atoms with Gasteiger partial charge < -0.3 is 0 Å². The van der Waals surface area contributed by atoms with Gasteiger partial charge in [-0.3, -0.25) is 0 Å². The Kier molecular flexibility index (Phi) is 5.61. The summed E-state index contributed by atoms with van der Waals surface area (Å²) >= 11 is 0. The molecule has 8 aromatic rings. The predicted octanol–water partition coefficient (Wildman–Crippen LogP) is 12.3. The van der Waals surface area contributed by atoms with Crippen molar-refractivity contribution in [3.05, 3.63) is 170 Å². The van der Waals surface area contributed by atoms with Crippen molar-refractivity contribution in [2.75, 3.05) is 0 Å². The lowest BCUT2D eigenvalue weighted by molar-refractivity contribution is 1.57. The maximum absolute atomic E-state index is 2.37. The fourth-order valence-corrected chi connectivity index (χ4v) is 7.27. The average molecular weight is 557 g/mol. The largest absolute Gasteiger partial charge is 0.0622 e. The first-order chi connectivity index (χ1) is 21.8. The summed E-state index contributed by atoms with van der Waals surface area (Å²) in [6.45, 7) is 0. The summed E-state index contributed by atoms with van der Waals surface area (Å²) in [7, 11) is 0. The molecule has 1 aliphatic carbocycles. The van der Waals surface area contributed by atoms with Gasteiger partial charge in [-0.05, 0) is 94.4 Å². The van der Waals surface area contributed by atoms with Crippen LogP contribution < -0.4 is 0 Å². The molecule has 0 aliphatic heterocycles. The van der Waals surface area contributed by atoms with E-state index in [4.69, 9.17) is 0 Å². The van der Waals surface area contributed by atoms with Crippen LogP contribution in [-0.4, -0.2) is 0 Å². The van der Waals surface area contributed by atoms with Crippen LogP contribution in [-0.2, 0) is 0 Å². The Morgan fingerprint density at radius 1 is 0.205 bits per heavy atom. The van der Waals surface area contributed by atoms with Gasteiger partial charge >= 0.3 is 0 Å². The maximum atomic E-state index is 2.37. The van der Waals surface area contributed by atoms with Crippen LogP contribution in [0.2, 0.25) is 0 Å². The zero-order valence-electron chi connectivity index (χ0n) is 24.2. The highest BCUT2D eigenvalue weighted by Gasteiger charge is 2.23. The average Bonchev–Trinajstić information content (AvgIpc) is 3.43. The SMILES string of the molecule is c1ccc(-c2ccc(-c3ccc(-c4ccc5c6c(cccc46)-c4ccccc4-5)c4ccccc34)cc2-c2ccccc2)cc1. The van der Waals surface area contributed by atoms with Crippen molar-refractivity contribution in [1.82, 2.24) is 0 Å². The summed E-state index contributed by atoms with van der Waals surface area (Å²) in [4.78, 5) is 0. The Balaban J connectivity index is 1.24. The van der Waals surface area contributed by atoms with E-state index in [9.17, 15) is 0 Å². The van der Waals surface area contributed by atoms with E-state index in [-0.39, 0.29) is 0 Å². The number of fused-ring (bicyclic) bond motifs is 4. The zero-order chi connectivity index (χ0) is 29.0. The first-order valence-electron chi connectivity index (χ1n) is 15.3. The monoisotopic (exact) mass is 556 g/mol. The molecule has 0 nitrogen and oxygen atoms in total. The third kappa shape index (κ3) is 3.78. The van der Waals surface area contributed by atoms with Crippen LogP contribution in [0.4, 0.5) is 0 Å². The maximum Gasteiger partial charge on any atom is -0.00201 e. The highest BCUT2D eigenvalue weighted by Crippen LogP contribution is 2.50. The van der Waals surface area contributed by atoms with E-state index in [1.807, 2.05) is 0 Å². The molecular weight excluding hydrogens is 528 g/mol. The first kappa shape index (κ1) is 24.8. The summed E-state index contributed by atoms with van der Waals surface area (Å²) in [5.74, 6) is 0. The molecule has 0 saturated carbocycles. The van der Waals surface area contributed by atoms with Crippen LogP contribution in [0.15, 0.2) is 170 Å². The molecule has 0 heterocycles. The van der Waals surface area contributed by atoms with Gasteiger partial charge in [0.15, 0.2) is 0 Å². The van der Waals surface area contributed by atoms with E-state index in [1.165, 1.54) is 88.3 Å². The molecule has 0 bridgehead atoms. The molecule has 0 amide bonds. The standard InChI is InChI=1S/C44H28/c1-3-12-29(13-4-1)32-23-22-31(28-43(32)30-14-5-2-6-15-30)33-24-25-38(35-17-8-7-16-34(33)35)39-26-27-42-37-19-10-9-18-36(37)40-20-11-21-41(39)44(40)42/h1-28H. The molecule has 44 heavy (non-hydrogen) atoms. The van der Waals surface area contributed by atoms with E-state index in [0.29, 0.717) is 0 Å². The van der Waals surface area contributed by atoms with Gasteiger partial charge in [0.05, 0.1) is 0 Å². The molecule has 0 heteroatoms. The molecule has 0 fully saturated rings. The fraction of sp³-hybridized carbons (Fsp3) is 0. The minimum Gasteiger partial charge on any atom is -0.0622 e. The molecule has 9 rings (SSSR count). The van der Waals surface area contributed by atoms with Crippen molar-refractivity contribution >= 4 is 21.5 Å². The molecule has 0 unspecified atom stereocenters. The topological polar surface area (TPSA) is 0 Å². The van der Waals surface area contributed by atoms with E-state index in [0.717, 1.165) is 0 Å². The van der Waals surface area contributed by atoms with Gasteiger partial charge in [0.2, 0.25) is 0 Å². The summed E-state index contributed by atoms with van der Waals surface area (Å²) in [5.41, 5.74) is 15.3. The molecule has 204 valence electrons. The van der Waals surface area contributed by atoms with E-state index in [2.05, 4.69) is 170 Å². The van der Waals surface area contributed by atoms with Crippen molar-refractivity contribution in [3.63, 3.8) is 0 Å². The highest BCUT2D eigenvalue weighted by atomic mass is 14.3.